The van der Waals surface area contributed by atoms with Crippen LogP contribution in [0.25, 0.3) is 27.8 Å². The Morgan fingerprint density at radius 2 is 1.73 bits per heavy atom. The molecule has 0 N–H and O–H groups in total. The molecule has 4 aromatic heterocycles. The van der Waals surface area contributed by atoms with Crippen LogP contribution in [-0.2, 0) is 0 Å². The molecule has 0 aliphatic heterocycles. The Balaban J connectivity index is 1.75. The van der Waals surface area contributed by atoms with Gasteiger partial charge in [0, 0.05) is 16.8 Å². The quantitative estimate of drug-likeness (QED) is 0.472. The lowest BCUT2D eigenvalue weighted by molar-refractivity contribution is 0.630. The zero-order valence-electron chi connectivity index (χ0n) is 13.1. The number of rotatable bonds is 2. The van der Waals surface area contributed by atoms with Crippen LogP contribution in [0.15, 0.2) is 60.2 Å². The standard InChI is InChI=1S/C16H9ClN8O/c17-11-3-1-10(2-4-11)12-7-20-25-13-5-6-24(23-8-18-19-9-23)16(26)14(13)21-22-15(12)25/h1-9H. The van der Waals surface area contributed by atoms with Gasteiger partial charge in [0.2, 0.25) is 0 Å². The van der Waals surface area contributed by atoms with Crippen molar-refractivity contribution in [2.24, 2.45) is 0 Å². The van der Waals surface area contributed by atoms with Gasteiger partial charge in [-0.05, 0) is 23.8 Å². The zero-order chi connectivity index (χ0) is 17.7. The lowest BCUT2D eigenvalue weighted by Crippen LogP contribution is -2.26. The number of pyridine rings is 1. The van der Waals surface area contributed by atoms with Crippen molar-refractivity contribution in [3.05, 3.63) is 70.8 Å². The van der Waals surface area contributed by atoms with E-state index in [0.29, 0.717) is 16.2 Å². The van der Waals surface area contributed by atoms with Gasteiger partial charge in [0.05, 0.1) is 6.20 Å². The molecule has 5 aromatic rings. The molecule has 4 heterocycles. The molecule has 0 saturated carbocycles. The average Bonchev–Trinajstić information content (AvgIpc) is 3.32. The van der Waals surface area contributed by atoms with Crippen molar-refractivity contribution in [3.63, 3.8) is 0 Å². The van der Waals surface area contributed by atoms with Crippen LogP contribution in [0.5, 0.6) is 0 Å². The van der Waals surface area contributed by atoms with Crippen molar-refractivity contribution in [2.75, 3.05) is 0 Å². The van der Waals surface area contributed by atoms with Crippen molar-refractivity contribution in [1.29, 1.82) is 0 Å². The van der Waals surface area contributed by atoms with Gasteiger partial charge in [-0.15, -0.1) is 20.4 Å². The second kappa shape index (κ2) is 5.46. The lowest BCUT2D eigenvalue weighted by Gasteiger charge is -2.06. The summed E-state index contributed by atoms with van der Waals surface area (Å²) in [5, 5.41) is 20.8. The molecule has 0 aliphatic carbocycles. The minimum absolute atomic E-state index is 0.194. The van der Waals surface area contributed by atoms with Gasteiger partial charge in [-0.3, -0.25) is 4.79 Å². The summed E-state index contributed by atoms with van der Waals surface area (Å²) in [7, 11) is 0. The first kappa shape index (κ1) is 14.7. The maximum Gasteiger partial charge on any atom is 0.299 e. The van der Waals surface area contributed by atoms with Gasteiger partial charge in [0.1, 0.15) is 18.2 Å². The summed E-state index contributed by atoms with van der Waals surface area (Å²) in [6.07, 6.45) is 6.15. The third kappa shape index (κ3) is 2.11. The second-order valence-corrected chi connectivity index (χ2v) is 5.98. The van der Waals surface area contributed by atoms with E-state index in [1.807, 2.05) is 12.1 Å². The molecule has 1 aromatic carbocycles. The van der Waals surface area contributed by atoms with Crippen LogP contribution in [0, 0.1) is 0 Å². The van der Waals surface area contributed by atoms with E-state index >= 15 is 0 Å². The Labute approximate surface area is 150 Å². The van der Waals surface area contributed by atoms with Crippen LogP contribution in [0.3, 0.4) is 0 Å². The van der Waals surface area contributed by atoms with Crippen molar-refractivity contribution >= 4 is 28.3 Å². The summed E-state index contributed by atoms with van der Waals surface area (Å²) in [5.74, 6) is 0. The Hall–Kier alpha value is -3.59. The first-order valence-electron chi connectivity index (χ1n) is 7.59. The fourth-order valence-electron chi connectivity index (χ4n) is 2.80. The van der Waals surface area contributed by atoms with Crippen molar-refractivity contribution in [1.82, 2.24) is 39.4 Å². The highest BCUT2D eigenvalue weighted by atomic mass is 35.5. The van der Waals surface area contributed by atoms with Crippen LogP contribution < -0.4 is 5.56 Å². The number of hydrogen-bond acceptors (Lipinski definition) is 6. The normalized spacial score (nSPS) is 11.4. The molecule has 0 unspecified atom stereocenters. The van der Waals surface area contributed by atoms with Gasteiger partial charge >= 0.3 is 0 Å². The van der Waals surface area contributed by atoms with E-state index in [1.165, 1.54) is 22.0 Å². The molecule has 0 bridgehead atoms. The van der Waals surface area contributed by atoms with Crippen molar-refractivity contribution in [3.8, 4) is 11.1 Å². The molecule has 0 saturated heterocycles. The van der Waals surface area contributed by atoms with Crippen LogP contribution in [0.1, 0.15) is 0 Å². The highest BCUT2D eigenvalue weighted by Crippen LogP contribution is 2.25. The number of hydrogen-bond donors (Lipinski definition) is 0. The molecule has 0 aliphatic rings. The molecule has 0 fully saturated rings. The van der Waals surface area contributed by atoms with Gasteiger partial charge in [-0.1, -0.05) is 23.7 Å². The average molecular weight is 365 g/mol. The molecule has 5 rings (SSSR count). The van der Waals surface area contributed by atoms with E-state index in [4.69, 9.17) is 11.6 Å². The van der Waals surface area contributed by atoms with E-state index in [0.717, 1.165) is 11.1 Å². The Bertz CT molecular complexity index is 1300. The number of benzene rings is 1. The summed E-state index contributed by atoms with van der Waals surface area (Å²) >= 11 is 5.95. The first-order valence-corrected chi connectivity index (χ1v) is 7.97. The minimum atomic E-state index is -0.347. The first-order chi connectivity index (χ1) is 12.7. The van der Waals surface area contributed by atoms with E-state index in [1.54, 1.807) is 35.1 Å². The summed E-state index contributed by atoms with van der Waals surface area (Å²) in [6, 6.07) is 9.11. The lowest BCUT2D eigenvalue weighted by atomic mass is 10.1. The van der Waals surface area contributed by atoms with Gasteiger partial charge in [0.25, 0.3) is 5.56 Å². The molecule has 0 radical (unpaired) electrons. The molecule has 26 heavy (non-hydrogen) atoms. The van der Waals surface area contributed by atoms with Crippen LogP contribution in [-0.4, -0.2) is 39.4 Å². The Kier molecular flexibility index (Phi) is 3.09. The molecule has 10 heteroatoms. The van der Waals surface area contributed by atoms with Gasteiger partial charge in [-0.25, -0.2) is 13.9 Å². The predicted molar refractivity (Wildman–Crippen MR) is 93.8 cm³/mol. The fraction of sp³-hybridized carbons (Fsp3) is 0. The van der Waals surface area contributed by atoms with E-state index in [9.17, 15) is 4.79 Å². The second-order valence-electron chi connectivity index (χ2n) is 5.54. The number of aromatic nitrogens is 8. The van der Waals surface area contributed by atoms with Crippen LogP contribution >= 0.6 is 11.6 Å². The van der Waals surface area contributed by atoms with Crippen molar-refractivity contribution < 1.29 is 0 Å². The summed E-state index contributed by atoms with van der Waals surface area (Å²) in [4.78, 5) is 12.7. The van der Waals surface area contributed by atoms with Gasteiger partial charge in [-0.2, -0.15) is 5.10 Å². The third-order valence-corrected chi connectivity index (χ3v) is 4.31. The Morgan fingerprint density at radius 1 is 0.962 bits per heavy atom. The van der Waals surface area contributed by atoms with E-state index in [-0.39, 0.29) is 11.1 Å². The Morgan fingerprint density at radius 3 is 2.50 bits per heavy atom. The highest BCUT2D eigenvalue weighted by molar-refractivity contribution is 6.30. The highest BCUT2D eigenvalue weighted by Gasteiger charge is 2.14. The van der Waals surface area contributed by atoms with Crippen LogP contribution in [0.2, 0.25) is 5.02 Å². The minimum Gasteiger partial charge on any atom is -0.265 e. The molecule has 0 amide bonds. The van der Waals surface area contributed by atoms with Gasteiger partial charge < -0.3 is 0 Å². The van der Waals surface area contributed by atoms with Gasteiger partial charge in [0.15, 0.2) is 11.2 Å². The number of nitrogens with zero attached hydrogens (tertiary/aromatic N) is 8. The molecule has 9 nitrogen and oxygen atoms in total. The third-order valence-electron chi connectivity index (χ3n) is 4.05. The topological polar surface area (TPSA) is 95.8 Å². The number of fused-ring (bicyclic) bond motifs is 3. The molecular weight excluding hydrogens is 356 g/mol. The largest absolute Gasteiger partial charge is 0.299 e. The predicted octanol–water partition coefficient (Wildman–Crippen LogP) is 1.66. The summed E-state index contributed by atoms with van der Waals surface area (Å²) in [6.45, 7) is 0. The maximum absolute atomic E-state index is 12.7. The van der Waals surface area contributed by atoms with E-state index < -0.39 is 0 Å². The summed E-state index contributed by atoms with van der Waals surface area (Å²) < 4.78 is 4.40. The van der Waals surface area contributed by atoms with E-state index in [2.05, 4.69) is 25.5 Å². The zero-order valence-corrected chi connectivity index (χ0v) is 13.8. The van der Waals surface area contributed by atoms with Crippen LogP contribution in [0.4, 0.5) is 0 Å². The maximum atomic E-state index is 12.7. The molecule has 126 valence electrons. The monoisotopic (exact) mass is 364 g/mol. The molecule has 0 spiro atoms. The van der Waals surface area contributed by atoms with Crippen molar-refractivity contribution in [2.45, 2.75) is 0 Å². The summed E-state index contributed by atoms with van der Waals surface area (Å²) in [5.41, 5.74) is 2.68. The fourth-order valence-corrected chi connectivity index (χ4v) is 2.93. The molecular formula is C16H9ClN8O. The molecule has 0 atom stereocenters. The SMILES string of the molecule is O=c1c2nnc3c(-c4ccc(Cl)cc4)cnn3c2ccn1-n1cnnc1. The number of halogens is 1. The smallest absolute Gasteiger partial charge is 0.265 e.